The molecular weight excluding hydrogens is 302 g/mol. The number of aromatic amines is 1. The molecule has 0 bridgehead atoms. The van der Waals surface area contributed by atoms with E-state index in [0.29, 0.717) is 16.8 Å². The van der Waals surface area contributed by atoms with Gasteiger partial charge in [0, 0.05) is 41.3 Å². The molecule has 0 atom stereocenters. The lowest BCUT2D eigenvalue weighted by Gasteiger charge is -2.06. The molecule has 0 aliphatic carbocycles. The van der Waals surface area contributed by atoms with Crippen molar-refractivity contribution < 1.29 is 9.90 Å². The number of phenolic OH excluding ortho intramolecular Hbond substituents is 1. The maximum Gasteiger partial charge on any atom is 0.195 e. The lowest BCUT2D eigenvalue weighted by Crippen LogP contribution is -2.00. The summed E-state index contributed by atoms with van der Waals surface area (Å²) >= 11 is 0. The lowest BCUT2D eigenvalue weighted by atomic mass is 9.98. The molecular formula is C19H13N3O2. The van der Waals surface area contributed by atoms with Crippen LogP contribution in [0.25, 0.3) is 22.2 Å². The van der Waals surface area contributed by atoms with Crippen LogP contribution in [0.5, 0.6) is 5.75 Å². The Morgan fingerprint density at radius 1 is 1.08 bits per heavy atom. The molecule has 0 saturated carbocycles. The predicted octanol–water partition coefficient (Wildman–Crippen LogP) is 3.56. The van der Waals surface area contributed by atoms with Gasteiger partial charge in [0.15, 0.2) is 5.78 Å². The van der Waals surface area contributed by atoms with E-state index in [1.165, 1.54) is 12.1 Å². The van der Waals surface area contributed by atoms with Crippen LogP contribution >= 0.6 is 0 Å². The second-order valence-corrected chi connectivity index (χ2v) is 5.41. The number of carbonyl (C=O) groups is 1. The van der Waals surface area contributed by atoms with Crippen molar-refractivity contribution in [3.05, 3.63) is 78.4 Å². The standard InChI is InChI=1S/C19H13N3O2/c23-14-5-1-3-12(9-14)18(24)16-11-22-19-17(16)15(6-8-21-19)13-4-2-7-20-10-13/h1-11,23H,(H,21,22). The van der Waals surface area contributed by atoms with Crippen LogP contribution in [0.1, 0.15) is 15.9 Å². The van der Waals surface area contributed by atoms with Gasteiger partial charge >= 0.3 is 0 Å². The Morgan fingerprint density at radius 3 is 2.79 bits per heavy atom. The van der Waals surface area contributed by atoms with Crippen LogP contribution in [-0.4, -0.2) is 25.8 Å². The molecule has 2 N–H and O–H groups in total. The van der Waals surface area contributed by atoms with E-state index in [-0.39, 0.29) is 11.5 Å². The molecule has 0 aliphatic rings. The number of hydrogen-bond donors (Lipinski definition) is 2. The van der Waals surface area contributed by atoms with Crippen molar-refractivity contribution in [2.75, 3.05) is 0 Å². The fraction of sp³-hybridized carbons (Fsp3) is 0. The van der Waals surface area contributed by atoms with E-state index in [1.807, 2.05) is 18.2 Å². The van der Waals surface area contributed by atoms with Gasteiger partial charge in [-0.2, -0.15) is 0 Å². The fourth-order valence-corrected chi connectivity index (χ4v) is 2.80. The highest BCUT2D eigenvalue weighted by atomic mass is 16.3. The number of nitrogens with zero attached hydrogens (tertiary/aromatic N) is 2. The monoisotopic (exact) mass is 315 g/mol. The van der Waals surface area contributed by atoms with E-state index >= 15 is 0 Å². The molecule has 0 amide bonds. The first-order valence-electron chi connectivity index (χ1n) is 7.44. The Morgan fingerprint density at radius 2 is 2.00 bits per heavy atom. The van der Waals surface area contributed by atoms with E-state index in [4.69, 9.17) is 0 Å². The summed E-state index contributed by atoms with van der Waals surface area (Å²) in [5.74, 6) is -0.110. The van der Waals surface area contributed by atoms with Gasteiger partial charge in [-0.3, -0.25) is 9.78 Å². The number of pyridine rings is 2. The SMILES string of the molecule is O=C(c1cccc(O)c1)c1c[nH]c2nccc(-c3cccnc3)c12. The minimum absolute atomic E-state index is 0.0614. The summed E-state index contributed by atoms with van der Waals surface area (Å²) < 4.78 is 0. The molecule has 0 saturated heterocycles. The first-order valence-corrected chi connectivity index (χ1v) is 7.44. The summed E-state index contributed by atoms with van der Waals surface area (Å²) in [4.78, 5) is 24.4. The van der Waals surface area contributed by atoms with Crippen molar-refractivity contribution in [1.82, 2.24) is 15.0 Å². The molecule has 0 aliphatic heterocycles. The van der Waals surface area contributed by atoms with Crippen molar-refractivity contribution >= 4 is 16.8 Å². The highest BCUT2D eigenvalue weighted by Gasteiger charge is 2.18. The number of carbonyl (C=O) groups excluding carboxylic acids is 1. The third-order valence-electron chi connectivity index (χ3n) is 3.90. The maximum absolute atomic E-state index is 12.9. The quantitative estimate of drug-likeness (QED) is 0.567. The number of rotatable bonds is 3. The Hall–Kier alpha value is -3.47. The van der Waals surface area contributed by atoms with Crippen LogP contribution in [-0.2, 0) is 0 Å². The lowest BCUT2D eigenvalue weighted by molar-refractivity contribution is 0.104. The summed E-state index contributed by atoms with van der Waals surface area (Å²) in [5, 5.41) is 10.4. The summed E-state index contributed by atoms with van der Waals surface area (Å²) in [6.07, 6.45) is 6.82. The number of aromatic nitrogens is 3. The molecule has 0 radical (unpaired) electrons. The zero-order valence-corrected chi connectivity index (χ0v) is 12.6. The minimum Gasteiger partial charge on any atom is -0.508 e. The highest BCUT2D eigenvalue weighted by molar-refractivity contribution is 6.18. The third-order valence-corrected chi connectivity index (χ3v) is 3.90. The van der Waals surface area contributed by atoms with E-state index < -0.39 is 0 Å². The van der Waals surface area contributed by atoms with Crippen LogP contribution in [0, 0.1) is 0 Å². The number of phenols is 1. The van der Waals surface area contributed by atoms with Crippen molar-refractivity contribution in [2.24, 2.45) is 0 Å². The molecule has 24 heavy (non-hydrogen) atoms. The number of fused-ring (bicyclic) bond motifs is 1. The van der Waals surface area contributed by atoms with Gasteiger partial charge in [0.2, 0.25) is 0 Å². The molecule has 5 nitrogen and oxygen atoms in total. The van der Waals surface area contributed by atoms with Crippen LogP contribution in [0.15, 0.2) is 67.3 Å². The van der Waals surface area contributed by atoms with Gasteiger partial charge < -0.3 is 10.1 Å². The normalized spacial score (nSPS) is 10.8. The second kappa shape index (κ2) is 5.62. The Labute approximate surface area is 137 Å². The molecule has 0 unspecified atom stereocenters. The van der Waals surface area contributed by atoms with Gasteiger partial charge in [-0.25, -0.2) is 4.98 Å². The molecule has 116 valence electrons. The van der Waals surface area contributed by atoms with Crippen molar-refractivity contribution in [3.8, 4) is 16.9 Å². The van der Waals surface area contributed by atoms with Gasteiger partial charge in [0.05, 0.1) is 5.56 Å². The van der Waals surface area contributed by atoms with E-state index in [9.17, 15) is 9.90 Å². The molecule has 1 aromatic carbocycles. The molecule has 5 heteroatoms. The van der Waals surface area contributed by atoms with Crippen LogP contribution in [0.2, 0.25) is 0 Å². The summed E-state index contributed by atoms with van der Waals surface area (Å²) in [5.41, 5.74) is 3.38. The highest BCUT2D eigenvalue weighted by Crippen LogP contribution is 2.31. The van der Waals surface area contributed by atoms with Crippen LogP contribution in [0.3, 0.4) is 0 Å². The van der Waals surface area contributed by atoms with Gasteiger partial charge in [0.1, 0.15) is 11.4 Å². The molecule has 3 aromatic heterocycles. The van der Waals surface area contributed by atoms with Gasteiger partial charge in [-0.15, -0.1) is 0 Å². The molecule has 4 aromatic rings. The van der Waals surface area contributed by atoms with E-state index in [2.05, 4.69) is 15.0 Å². The van der Waals surface area contributed by atoms with Crippen molar-refractivity contribution in [2.45, 2.75) is 0 Å². The number of hydrogen-bond acceptors (Lipinski definition) is 4. The first kappa shape index (κ1) is 14.1. The van der Waals surface area contributed by atoms with Crippen LogP contribution in [0.4, 0.5) is 0 Å². The molecule has 4 rings (SSSR count). The summed E-state index contributed by atoms with van der Waals surface area (Å²) in [7, 11) is 0. The second-order valence-electron chi connectivity index (χ2n) is 5.41. The molecule has 0 spiro atoms. The summed E-state index contributed by atoms with van der Waals surface area (Å²) in [6.45, 7) is 0. The van der Waals surface area contributed by atoms with Gasteiger partial charge in [-0.1, -0.05) is 18.2 Å². The average molecular weight is 315 g/mol. The minimum atomic E-state index is -0.171. The largest absolute Gasteiger partial charge is 0.508 e. The van der Waals surface area contributed by atoms with E-state index in [0.717, 1.165) is 16.5 Å². The third kappa shape index (κ3) is 2.32. The number of nitrogens with one attached hydrogen (secondary N) is 1. The molecule has 3 heterocycles. The van der Waals surface area contributed by atoms with Gasteiger partial charge in [0.25, 0.3) is 0 Å². The van der Waals surface area contributed by atoms with E-state index in [1.54, 1.807) is 36.9 Å². The van der Waals surface area contributed by atoms with Crippen LogP contribution < -0.4 is 0 Å². The van der Waals surface area contributed by atoms with Gasteiger partial charge in [-0.05, 0) is 29.8 Å². The van der Waals surface area contributed by atoms with Crippen molar-refractivity contribution in [3.63, 3.8) is 0 Å². The topological polar surface area (TPSA) is 78.9 Å². The maximum atomic E-state index is 12.9. The Balaban J connectivity index is 1.93. The number of ketones is 1. The zero-order valence-electron chi connectivity index (χ0n) is 12.6. The number of H-pyrrole nitrogens is 1. The Bertz CT molecular complexity index is 1040. The number of benzene rings is 1. The zero-order chi connectivity index (χ0) is 16.5. The molecule has 0 fully saturated rings. The first-order chi connectivity index (χ1) is 11.7. The summed E-state index contributed by atoms with van der Waals surface area (Å²) in [6, 6.07) is 12.0. The average Bonchev–Trinajstić information content (AvgIpc) is 3.06. The predicted molar refractivity (Wildman–Crippen MR) is 90.9 cm³/mol. The number of aromatic hydroxyl groups is 1. The Kier molecular flexibility index (Phi) is 3.31. The smallest absolute Gasteiger partial charge is 0.195 e. The fourth-order valence-electron chi connectivity index (χ4n) is 2.80. The van der Waals surface area contributed by atoms with Crippen molar-refractivity contribution in [1.29, 1.82) is 0 Å².